The van der Waals surface area contributed by atoms with Gasteiger partial charge in [-0.3, -0.25) is 0 Å². The SMILES string of the molecule is C[C@@H](Sc1ccccc1N)[C@@H](C)C(O)/C=C/N=O. The van der Waals surface area contributed by atoms with Crippen molar-refractivity contribution in [2.75, 3.05) is 5.73 Å². The lowest BCUT2D eigenvalue weighted by Gasteiger charge is -2.22. The van der Waals surface area contributed by atoms with Gasteiger partial charge in [-0.25, -0.2) is 0 Å². The molecule has 0 radical (unpaired) electrons. The van der Waals surface area contributed by atoms with Crippen molar-refractivity contribution in [3.8, 4) is 0 Å². The Labute approximate surface area is 111 Å². The van der Waals surface area contributed by atoms with Gasteiger partial charge in [-0.05, 0) is 29.3 Å². The zero-order valence-corrected chi connectivity index (χ0v) is 11.3. The molecule has 3 N–H and O–H groups in total. The van der Waals surface area contributed by atoms with E-state index in [1.165, 1.54) is 6.08 Å². The van der Waals surface area contributed by atoms with E-state index in [0.29, 0.717) is 0 Å². The van der Waals surface area contributed by atoms with Crippen molar-refractivity contribution in [3.05, 3.63) is 41.4 Å². The molecule has 0 aliphatic carbocycles. The van der Waals surface area contributed by atoms with E-state index in [1.54, 1.807) is 11.8 Å². The maximum atomic E-state index is 9.97. The first-order valence-electron chi connectivity index (χ1n) is 5.74. The molecule has 3 atom stereocenters. The largest absolute Gasteiger partial charge is 0.398 e. The molecule has 4 nitrogen and oxygen atoms in total. The molecular weight excluding hydrogens is 248 g/mol. The van der Waals surface area contributed by atoms with E-state index < -0.39 is 6.10 Å². The number of nitrogens with zero attached hydrogens (tertiary/aromatic N) is 1. The predicted molar refractivity (Wildman–Crippen MR) is 76.3 cm³/mol. The van der Waals surface area contributed by atoms with Crippen LogP contribution < -0.4 is 5.73 Å². The van der Waals surface area contributed by atoms with Crippen molar-refractivity contribution in [2.45, 2.75) is 30.1 Å². The third-order valence-corrected chi connectivity index (χ3v) is 4.28. The van der Waals surface area contributed by atoms with Crippen molar-refractivity contribution in [3.63, 3.8) is 0 Å². The first-order chi connectivity index (χ1) is 8.56. The topological polar surface area (TPSA) is 75.7 Å². The monoisotopic (exact) mass is 266 g/mol. The van der Waals surface area contributed by atoms with Crippen LogP contribution in [-0.2, 0) is 0 Å². The van der Waals surface area contributed by atoms with E-state index in [2.05, 4.69) is 5.18 Å². The summed E-state index contributed by atoms with van der Waals surface area (Å²) in [5.74, 6) is -0.00685. The number of hydrogen-bond donors (Lipinski definition) is 2. The molecule has 1 aromatic rings. The molecule has 98 valence electrons. The molecule has 0 amide bonds. The average Bonchev–Trinajstić information content (AvgIpc) is 2.37. The van der Waals surface area contributed by atoms with E-state index in [-0.39, 0.29) is 11.2 Å². The van der Waals surface area contributed by atoms with Crippen molar-refractivity contribution < 1.29 is 5.11 Å². The Morgan fingerprint density at radius 1 is 1.39 bits per heavy atom. The molecule has 0 aliphatic rings. The molecule has 0 fully saturated rings. The summed E-state index contributed by atoms with van der Waals surface area (Å²) in [6.07, 6.45) is 1.80. The Bertz CT molecular complexity index is 423. The number of aliphatic hydroxyl groups is 1. The van der Waals surface area contributed by atoms with Crippen LogP contribution in [0.1, 0.15) is 13.8 Å². The number of hydrogen-bond acceptors (Lipinski definition) is 5. The van der Waals surface area contributed by atoms with Crippen LogP contribution in [0.4, 0.5) is 5.69 Å². The Morgan fingerprint density at radius 2 is 2.06 bits per heavy atom. The van der Waals surface area contributed by atoms with Crippen LogP contribution >= 0.6 is 11.8 Å². The third kappa shape index (κ3) is 4.16. The highest BCUT2D eigenvalue weighted by atomic mass is 32.2. The van der Waals surface area contributed by atoms with Crippen molar-refractivity contribution in [1.82, 2.24) is 0 Å². The summed E-state index contributed by atoms with van der Waals surface area (Å²) in [4.78, 5) is 11.0. The number of rotatable bonds is 6. The number of nitrogens with two attached hydrogens (primary N) is 1. The lowest BCUT2D eigenvalue weighted by atomic mass is 10.0. The standard InChI is InChI=1S/C13H18N2O2S/c1-9(12(16)7-8-15-17)10(2)18-13-6-4-3-5-11(13)14/h3-10,12,16H,14H2,1-2H3/b8-7+/t9-,10-,12?/m1/s1. The van der Waals surface area contributed by atoms with Gasteiger partial charge in [0.15, 0.2) is 0 Å². The van der Waals surface area contributed by atoms with Gasteiger partial charge >= 0.3 is 0 Å². The summed E-state index contributed by atoms with van der Waals surface area (Å²) in [7, 11) is 0. The van der Waals surface area contributed by atoms with Crippen LogP contribution in [0.25, 0.3) is 0 Å². The van der Waals surface area contributed by atoms with E-state index in [4.69, 9.17) is 5.73 Å². The Morgan fingerprint density at radius 3 is 2.67 bits per heavy atom. The molecule has 0 saturated heterocycles. The predicted octanol–water partition coefficient (Wildman–Crippen LogP) is 3.03. The highest BCUT2D eigenvalue weighted by Gasteiger charge is 2.20. The number of thioether (sulfide) groups is 1. The van der Waals surface area contributed by atoms with Crippen LogP contribution in [-0.4, -0.2) is 16.5 Å². The maximum absolute atomic E-state index is 9.97. The van der Waals surface area contributed by atoms with Gasteiger partial charge in [-0.15, -0.1) is 16.7 Å². The second-order valence-corrected chi connectivity index (χ2v) is 5.58. The summed E-state index contributed by atoms with van der Waals surface area (Å²) in [6.45, 7) is 3.95. The van der Waals surface area contributed by atoms with Gasteiger partial charge in [-0.2, -0.15) is 0 Å². The molecule has 0 aromatic heterocycles. The summed E-state index contributed by atoms with van der Waals surface area (Å²) in [5, 5.41) is 12.6. The summed E-state index contributed by atoms with van der Waals surface area (Å²) in [6, 6.07) is 7.63. The van der Waals surface area contributed by atoms with Gasteiger partial charge in [0.2, 0.25) is 0 Å². The zero-order chi connectivity index (χ0) is 13.5. The number of para-hydroxylation sites is 1. The molecule has 1 unspecified atom stereocenters. The van der Waals surface area contributed by atoms with Crippen LogP contribution in [0.5, 0.6) is 0 Å². The summed E-state index contributed by atoms with van der Waals surface area (Å²) >= 11 is 1.61. The lowest BCUT2D eigenvalue weighted by Crippen LogP contribution is -2.23. The molecule has 5 heteroatoms. The van der Waals surface area contributed by atoms with Gasteiger partial charge < -0.3 is 10.8 Å². The van der Waals surface area contributed by atoms with Crippen molar-refractivity contribution in [1.29, 1.82) is 0 Å². The fourth-order valence-electron chi connectivity index (χ4n) is 1.47. The molecule has 1 aromatic carbocycles. The minimum absolute atomic E-state index is 0.00685. The normalized spacial score (nSPS) is 16.4. The maximum Gasteiger partial charge on any atom is 0.0775 e. The summed E-state index contributed by atoms with van der Waals surface area (Å²) in [5.41, 5.74) is 6.61. The number of nitrogen functional groups attached to an aromatic ring is 1. The zero-order valence-electron chi connectivity index (χ0n) is 10.5. The van der Waals surface area contributed by atoms with E-state index in [1.807, 2.05) is 38.1 Å². The first-order valence-corrected chi connectivity index (χ1v) is 6.62. The van der Waals surface area contributed by atoms with Gasteiger partial charge in [0.25, 0.3) is 0 Å². The summed E-state index contributed by atoms with van der Waals surface area (Å²) < 4.78 is 0. The van der Waals surface area contributed by atoms with Crippen LogP contribution in [0.2, 0.25) is 0 Å². The second kappa shape index (κ2) is 7.18. The molecule has 0 saturated carbocycles. The number of anilines is 1. The van der Waals surface area contributed by atoms with Gasteiger partial charge in [0.1, 0.15) is 0 Å². The van der Waals surface area contributed by atoms with Crippen LogP contribution in [0, 0.1) is 10.8 Å². The second-order valence-electron chi connectivity index (χ2n) is 4.16. The Hall–Kier alpha value is -1.33. The molecular formula is C13H18N2O2S. The molecule has 0 heterocycles. The minimum Gasteiger partial charge on any atom is -0.398 e. The van der Waals surface area contributed by atoms with Crippen LogP contribution in [0.3, 0.4) is 0 Å². The first kappa shape index (κ1) is 14.7. The highest BCUT2D eigenvalue weighted by Crippen LogP contribution is 2.33. The lowest BCUT2D eigenvalue weighted by molar-refractivity contribution is 0.162. The quantitative estimate of drug-likeness (QED) is 0.471. The molecule has 0 aliphatic heterocycles. The number of benzene rings is 1. The molecule has 18 heavy (non-hydrogen) atoms. The number of nitroso groups, excluding NO2 is 1. The molecule has 1 rings (SSSR count). The van der Waals surface area contributed by atoms with Gasteiger partial charge in [0, 0.05) is 15.8 Å². The van der Waals surface area contributed by atoms with Gasteiger partial charge in [-0.1, -0.05) is 26.0 Å². The fourth-order valence-corrected chi connectivity index (χ4v) is 2.61. The van der Waals surface area contributed by atoms with E-state index in [9.17, 15) is 10.0 Å². The Kier molecular flexibility index (Phi) is 5.88. The van der Waals surface area contributed by atoms with Gasteiger partial charge in [0.05, 0.1) is 12.3 Å². The molecule has 0 bridgehead atoms. The average molecular weight is 266 g/mol. The fraction of sp³-hybridized carbons (Fsp3) is 0.385. The Balaban J connectivity index is 2.65. The minimum atomic E-state index is -0.685. The van der Waals surface area contributed by atoms with E-state index in [0.717, 1.165) is 16.8 Å². The van der Waals surface area contributed by atoms with Crippen LogP contribution in [0.15, 0.2) is 46.6 Å². The van der Waals surface area contributed by atoms with E-state index >= 15 is 0 Å². The number of aliphatic hydroxyl groups excluding tert-OH is 1. The highest BCUT2D eigenvalue weighted by molar-refractivity contribution is 8.00. The van der Waals surface area contributed by atoms with Crippen molar-refractivity contribution in [2.24, 2.45) is 11.1 Å². The third-order valence-electron chi connectivity index (χ3n) is 2.86. The van der Waals surface area contributed by atoms with Crippen molar-refractivity contribution >= 4 is 17.4 Å². The molecule has 0 spiro atoms. The smallest absolute Gasteiger partial charge is 0.0775 e.